The quantitative estimate of drug-likeness (QED) is 0.465. The lowest BCUT2D eigenvalue weighted by Crippen LogP contribution is -2.26. The first-order valence-corrected chi connectivity index (χ1v) is 11.1. The average molecular weight is 397 g/mol. The Balaban J connectivity index is 1.82. The van der Waals surface area contributed by atoms with Crippen molar-refractivity contribution in [2.75, 3.05) is 6.26 Å². The van der Waals surface area contributed by atoms with E-state index in [1.807, 2.05) is 24.5 Å². The van der Waals surface area contributed by atoms with Crippen molar-refractivity contribution in [3.05, 3.63) is 40.8 Å². The predicted octanol–water partition coefficient (Wildman–Crippen LogP) is 4.83. The van der Waals surface area contributed by atoms with Crippen LogP contribution in [0.2, 0.25) is 0 Å². The highest BCUT2D eigenvalue weighted by Crippen LogP contribution is 2.40. The fourth-order valence-electron chi connectivity index (χ4n) is 3.69. The Morgan fingerprint density at radius 1 is 1.22 bits per heavy atom. The maximum absolute atomic E-state index is 6.08. The van der Waals surface area contributed by atoms with Gasteiger partial charge in [-0.1, -0.05) is 55.9 Å². The van der Waals surface area contributed by atoms with Crippen LogP contribution in [0.3, 0.4) is 0 Å². The summed E-state index contributed by atoms with van der Waals surface area (Å²) >= 11 is 3.33. The molecule has 0 saturated heterocycles. The number of hydrogen-bond acceptors (Lipinski definition) is 6. The minimum absolute atomic E-state index is 0.243. The summed E-state index contributed by atoms with van der Waals surface area (Å²) in [7, 11) is 0. The highest BCUT2D eigenvalue weighted by Gasteiger charge is 2.29. The molecule has 0 amide bonds. The molecule has 1 aromatic carbocycles. The molecule has 0 fully saturated rings. The second-order valence-corrected chi connectivity index (χ2v) is 8.99. The molecule has 1 atom stereocenters. The molecular weight excluding hydrogens is 376 g/mol. The van der Waals surface area contributed by atoms with E-state index >= 15 is 0 Å². The molecule has 1 aliphatic rings. The first-order chi connectivity index (χ1) is 13.2. The molecule has 0 bridgehead atoms. The minimum atomic E-state index is 0.243. The zero-order valence-corrected chi connectivity index (χ0v) is 17.1. The molecule has 138 valence electrons. The van der Waals surface area contributed by atoms with Gasteiger partial charge in [-0.05, 0) is 17.7 Å². The number of fused-ring (bicyclic) bond motifs is 5. The van der Waals surface area contributed by atoms with Crippen LogP contribution < -0.4 is 0 Å². The molecule has 0 spiro atoms. The van der Waals surface area contributed by atoms with Gasteiger partial charge in [0.05, 0.1) is 18.1 Å². The van der Waals surface area contributed by atoms with Crippen LogP contribution in [-0.4, -0.2) is 31.9 Å². The van der Waals surface area contributed by atoms with Gasteiger partial charge in [0.25, 0.3) is 0 Å². The molecule has 0 radical (unpaired) electrons. The van der Waals surface area contributed by atoms with Crippen molar-refractivity contribution in [2.45, 2.75) is 38.1 Å². The Kier molecular flexibility index (Phi) is 4.18. The summed E-state index contributed by atoms with van der Waals surface area (Å²) in [6.07, 6.45) is 3.18. The van der Waals surface area contributed by atoms with Crippen LogP contribution in [0.25, 0.3) is 27.3 Å². The van der Waals surface area contributed by atoms with E-state index in [9.17, 15) is 0 Å². The lowest BCUT2D eigenvalue weighted by atomic mass is 9.96. The third kappa shape index (κ3) is 2.68. The van der Waals surface area contributed by atoms with E-state index < -0.39 is 0 Å². The third-order valence-corrected chi connectivity index (χ3v) is 6.87. The van der Waals surface area contributed by atoms with Crippen LogP contribution in [0.4, 0.5) is 0 Å². The van der Waals surface area contributed by atoms with Gasteiger partial charge in [-0.25, -0.2) is 4.98 Å². The molecule has 0 aliphatic carbocycles. The first kappa shape index (κ1) is 17.2. The number of rotatable bonds is 3. The molecule has 1 aliphatic heterocycles. The van der Waals surface area contributed by atoms with E-state index in [2.05, 4.69) is 40.6 Å². The Bertz CT molecular complexity index is 1130. The zero-order valence-electron chi connectivity index (χ0n) is 15.5. The van der Waals surface area contributed by atoms with Gasteiger partial charge in [-0.3, -0.25) is 4.40 Å². The predicted molar refractivity (Wildman–Crippen MR) is 111 cm³/mol. The molecule has 4 aromatic rings. The topological polar surface area (TPSA) is 52.3 Å². The second-order valence-electron chi connectivity index (χ2n) is 7.13. The van der Waals surface area contributed by atoms with Crippen LogP contribution >= 0.6 is 23.1 Å². The number of thioether (sulfide) groups is 1. The van der Waals surface area contributed by atoms with Crippen LogP contribution in [-0.2, 0) is 17.8 Å². The largest absolute Gasteiger partial charge is 0.372 e. The molecule has 27 heavy (non-hydrogen) atoms. The SMILES string of the molecule is CSc1nnc2c3c4c(sc3nc(-c3ccccc3)n12)CO[C@@H](C(C)C)C4. The summed E-state index contributed by atoms with van der Waals surface area (Å²) in [5, 5.41) is 11.0. The van der Waals surface area contributed by atoms with Crippen LogP contribution in [0.1, 0.15) is 24.3 Å². The Morgan fingerprint density at radius 3 is 2.78 bits per heavy atom. The number of thiophene rings is 1. The Hall–Kier alpha value is -1.96. The van der Waals surface area contributed by atoms with Crippen molar-refractivity contribution < 1.29 is 4.74 Å². The van der Waals surface area contributed by atoms with Gasteiger partial charge in [0.1, 0.15) is 10.7 Å². The van der Waals surface area contributed by atoms with Crippen LogP contribution in [0, 0.1) is 5.92 Å². The van der Waals surface area contributed by atoms with E-state index in [4.69, 9.17) is 9.72 Å². The summed E-state index contributed by atoms with van der Waals surface area (Å²) in [6, 6.07) is 10.3. The number of aromatic nitrogens is 4. The number of ether oxygens (including phenoxy) is 1. The van der Waals surface area contributed by atoms with Crippen molar-refractivity contribution in [1.82, 2.24) is 19.6 Å². The minimum Gasteiger partial charge on any atom is -0.372 e. The second kappa shape index (κ2) is 6.58. The molecule has 5 nitrogen and oxygen atoms in total. The summed E-state index contributed by atoms with van der Waals surface area (Å²) < 4.78 is 8.19. The molecule has 0 saturated carbocycles. The Labute approximate surface area is 165 Å². The highest BCUT2D eigenvalue weighted by atomic mass is 32.2. The van der Waals surface area contributed by atoms with Crippen molar-refractivity contribution >= 4 is 39.0 Å². The van der Waals surface area contributed by atoms with Gasteiger partial charge in [-0.15, -0.1) is 21.5 Å². The van der Waals surface area contributed by atoms with Gasteiger partial charge in [0.2, 0.25) is 0 Å². The molecule has 3 aromatic heterocycles. The maximum Gasteiger partial charge on any atom is 0.197 e. The summed E-state index contributed by atoms with van der Waals surface area (Å²) in [6.45, 7) is 5.10. The fraction of sp³-hybridized carbons (Fsp3) is 0.350. The first-order valence-electron chi connectivity index (χ1n) is 9.07. The van der Waals surface area contributed by atoms with Gasteiger partial charge < -0.3 is 4.74 Å². The standard InChI is InChI=1S/C20H20N4OS2/c1-11(2)14-9-13-15(10-25-14)27-19-16(13)18-22-23-20(26-3)24(18)17(21-19)12-7-5-4-6-8-12/h4-8,11,14H,9-10H2,1-3H3/t14-/m1/s1. The third-order valence-electron chi connectivity index (χ3n) is 5.14. The van der Waals surface area contributed by atoms with Gasteiger partial charge in [0, 0.05) is 16.9 Å². The Morgan fingerprint density at radius 2 is 2.04 bits per heavy atom. The van der Waals surface area contributed by atoms with Crippen molar-refractivity contribution in [2.24, 2.45) is 5.92 Å². The molecule has 7 heteroatoms. The lowest BCUT2D eigenvalue weighted by Gasteiger charge is -2.26. The molecule has 5 rings (SSSR count). The highest BCUT2D eigenvalue weighted by molar-refractivity contribution is 7.98. The summed E-state index contributed by atoms with van der Waals surface area (Å²) in [5.41, 5.74) is 3.32. The average Bonchev–Trinajstić information content (AvgIpc) is 3.28. The molecule has 0 N–H and O–H groups in total. The molecule has 4 heterocycles. The van der Waals surface area contributed by atoms with E-state index in [1.165, 1.54) is 10.4 Å². The monoisotopic (exact) mass is 396 g/mol. The number of benzene rings is 1. The van der Waals surface area contributed by atoms with Gasteiger partial charge >= 0.3 is 0 Å². The van der Waals surface area contributed by atoms with E-state index in [-0.39, 0.29) is 6.10 Å². The molecule has 0 unspecified atom stereocenters. The van der Waals surface area contributed by atoms with Crippen LogP contribution in [0.5, 0.6) is 0 Å². The van der Waals surface area contributed by atoms with E-state index in [1.54, 1.807) is 23.1 Å². The number of hydrogen-bond donors (Lipinski definition) is 0. The fourth-order valence-corrected chi connectivity index (χ4v) is 5.29. The smallest absolute Gasteiger partial charge is 0.197 e. The van der Waals surface area contributed by atoms with Crippen molar-refractivity contribution in [3.63, 3.8) is 0 Å². The lowest BCUT2D eigenvalue weighted by molar-refractivity contribution is 0.00203. The summed E-state index contributed by atoms with van der Waals surface area (Å²) in [4.78, 5) is 7.36. The van der Waals surface area contributed by atoms with Crippen molar-refractivity contribution in [3.8, 4) is 11.4 Å². The number of nitrogens with zero attached hydrogens (tertiary/aromatic N) is 4. The van der Waals surface area contributed by atoms with Crippen LogP contribution in [0.15, 0.2) is 35.5 Å². The van der Waals surface area contributed by atoms with E-state index in [0.717, 1.165) is 38.8 Å². The zero-order chi connectivity index (χ0) is 18.5. The van der Waals surface area contributed by atoms with E-state index in [0.29, 0.717) is 12.5 Å². The van der Waals surface area contributed by atoms with Crippen molar-refractivity contribution in [1.29, 1.82) is 0 Å². The summed E-state index contributed by atoms with van der Waals surface area (Å²) in [5.74, 6) is 1.38. The van der Waals surface area contributed by atoms with Gasteiger partial charge in [-0.2, -0.15) is 0 Å². The molecular formula is C20H20N4OS2. The normalized spacial score (nSPS) is 17.1. The van der Waals surface area contributed by atoms with Gasteiger partial charge in [0.15, 0.2) is 10.8 Å². The maximum atomic E-state index is 6.08.